The first-order chi connectivity index (χ1) is 11.9. The maximum absolute atomic E-state index is 12.0. The van der Waals surface area contributed by atoms with Gasteiger partial charge in [-0.2, -0.15) is 0 Å². The Morgan fingerprint density at radius 3 is 2.52 bits per heavy atom. The van der Waals surface area contributed by atoms with Crippen molar-refractivity contribution in [1.29, 1.82) is 0 Å². The number of aromatic nitrogens is 1. The highest BCUT2D eigenvalue weighted by molar-refractivity contribution is 5.94. The number of benzene rings is 1. The molecular weight excluding hydrogens is 320 g/mol. The van der Waals surface area contributed by atoms with Gasteiger partial charge in [0.1, 0.15) is 5.76 Å². The standard InChI is InChI=1S/C18H24N4O3/c1-11(2)21-17(23)15-7-5-6-14(8-15)9-19-18(24)20-10-16-12(3)22-25-13(16)4/h5-8,11H,9-10H2,1-4H3,(H,21,23)(H2,19,20,24). The van der Waals surface area contributed by atoms with Crippen molar-refractivity contribution >= 4 is 11.9 Å². The number of carbonyl (C=O) groups is 2. The zero-order chi connectivity index (χ0) is 18.4. The van der Waals surface area contributed by atoms with Gasteiger partial charge in [0, 0.05) is 30.3 Å². The monoisotopic (exact) mass is 344 g/mol. The van der Waals surface area contributed by atoms with Gasteiger partial charge in [-0.3, -0.25) is 4.79 Å². The molecule has 2 rings (SSSR count). The Kier molecular flexibility index (Phi) is 6.16. The van der Waals surface area contributed by atoms with Crippen LogP contribution in [0.3, 0.4) is 0 Å². The quantitative estimate of drug-likeness (QED) is 0.750. The van der Waals surface area contributed by atoms with Gasteiger partial charge in [0.05, 0.1) is 5.69 Å². The maximum atomic E-state index is 12.0. The Morgan fingerprint density at radius 2 is 1.88 bits per heavy atom. The Hall–Kier alpha value is -2.83. The fourth-order valence-corrected chi connectivity index (χ4v) is 2.34. The molecule has 7 heteroatoms. The smallest absolute Gasteiger partial charge is 0.315 e. The molecule has 0 fully saturated rings. The van der Waals surface area contributed by atoms with Crippen LogP contribution in [0.4, 0.5) is 4.79 Å². The molecule has 3 amide bonds. The van der Waals surface area contributed by atoms with E-state index in [0.29, 0.717) is 24.4 Å². The molecule has 1 aromatic heterocycles. The molecule has 7 nitrogen and oxygen atoms in total. The highest BCUT2D eigenvalue weighted by Gasteiger charge is 2.11. The minimum absolute atomic E-state index is 0.0735. The number of carbonyl (C=O) groups excluding carboxylic acids is 2. The summed E-state index contributed by atoms with van der Waals surface area (Å²) in [6, 6.07) is 6.96. The van der Waals surface area contributed by atoms with Crippen molar-refractivity contribution < 1.29 is 14.1 Å². The van der Waals surface area contributed by atoms with Gasteiger partial charge >= 0.3 is 6.03 Å². The normalized spacial score (nSPS) is 10.6. The fraction of sp³-hybridized carbons (Fsp3) is 0.389. The molecule has 0 aliphatic carbocycles. The Morgan fingerprint density at radius 1 is 1.16 bits per heavy atom. The number of amides is 3. The summed E-state index contributed by atoms with van der Waals surface area (Å²) in [4.78, 5) is 24.0. The van der Waals surface area contributed by atoms with Crippen molar-refractivity contribution in [3.63, 3.8) is 0 Å². The van der Waals surface area contributed by atoms with E-state index in [1.54, 1.807) is 18.2 Å². The predicted molar refractivity (Wildman–Crippen MR) is 94.1 cm³/mol. The molecule has 1 aromatic carbocycles. The fourth-order valence-electron chi connectivity index (χ4n) is 2.34. The van der Waals surface area contributed by atoms with Crippen LogP contribution in [0.2, 0.25) is 0 Å². The molecule has 0 saturated carbocycles. The summed E-state index contributed by atoms with van der Waals surface area (Å²) in [6.45, 7) is 8.14. The van der Waals surface area contributed by atoms with Crippen molar-refractivity contribution in [3.8, 4) is 0 Å². The van der Waals surface area contributed by atoms with Crippen molar-refractivity contribution in [1.82, 2.24) is 21.1 Å². The molecule has 3 N–H and O–H groups in total. The van der Waals surface area contributed by atoms with Crippen LogP contribution >= 0.6 is 0 Å². The van der Waals surface area contributed by atoms with Crippen molar-refractivity contribution in [3.05, 3.63) is 52.4 Å². The number of aryl methyl sites for hydroxylation is 2. The van der Waals surface area contributed by atoms with Crippen LogP contribution in [-0.2, 0) is 13.1 Å². The first kappa shape index (κ1) is 18.5. The molecule has 2 aromatic rings. The van der Waals surface area contributed by atoms with Gasteiger partial charge in [-0.1, -0.05) is 17.3 Å². The van der Waals surface area contributed by atoms with Gasteiger partial charge in [-0.25, -0.2) is 4.79 Å². The van der Waals surface area contributed by atoms with Crippen LogP contribution < -0.4 is 16.0 Å². The molecule has 0 atom stereocenters. The average molecular weight is 344 g/mol. The third-order valence-electron chi connectivity index (χ3n) is 3.67. The van der Waals surface area contributed by atoms with Crippen LogP contribution in [0.15, 0.2) is 28.8 Å². The van der Waals surface area contributed by atoms with E-state index in [4.69, 9.17) is 4.52 Å². The van der Waals surface area contributed by atoms with Gasteiger partial charge in [0.25, 0.3) is 5.91 Å². The number of nitrogens with one attached hydrogen (secondary N) is 3. The lowest BCUT2D eigenvalue weighted by molar-refractivity contribution is 0.0943. The van der Waals surface area contributed by atoms with Crippen LogP contribution in [0, 0.1) is 13.8 Å². The summed E-state index contributed by atoms with van der Waals surface area (Å²) in [5.74, 6) is 0.571. The minimum atomic E-state index is -0.294. The third kappa shape index (κ3) is 5.34. The number of urea groups is 1. The highest BCUT2D eigenvalue weighted by Crippen LogP contribution is 2.11. The van der Waals surface area contributed by atoms with Crippen molar-refractivity contribution in [2.45, 2.75) is 46.8 Å². The van der Waals surface area contributed by atoms with Crippen LogP contribution in [0.25, 0.3) is 0 Å². The molecule has 1 heterocycles. The second kappa shape index (κ2) is 8.32. The summed E-state index contributed by atoms with van der Waals surface area (Å²) in [7, 11) is 0. The summed E-state index contributed by atoms with van der Waals surface area (Å²) in [6.07, 6.45) is 0. The number of hydrogen-bond donors (Lipinski definition) is 3. The van der Waals surface area contributed by atoms with E-state index in [1.807, 2.05) is 33.8 Å². The SMILES string of the molecule is Cc1noc(C)c1CNC(=O)NCc1cccc(C(=O)NC(C)C)c1. The Balaban J connectivity index is 1.86. The van der Waals surface area contributed by atoms with Crippen LogP contribution in [-0.4, -0.2) is 23.1 Å². The van der Waals surface area contributed by atoms with E-state index in [0.717, 1.165) is 16.8 Å². The third-order valence-corrected chi connectivity index (χ3v) is 3.67. The molecular formula is C18H24N4O3. The average Bonchev–Trinajstić information content (AvgIpc) is 2.89. The van der Waals surface area contributed by atoms with Gasteiger partial charge < -0.3 is 20.5 Å². The molecule has 134 valence electrons. The highest BCUT2D eigenvalue weighted by atomic mass is 16.5. The summed E-state index contributed by atoms with van der Waals surface area (Å²) < 4.78 is 5.06. The van der Waals surface area contributed by atoms with E-state index >= 15 is 0 Å². The van der Waals surface area contributed by atoms with E-state index < -0.39 is 0 Å². The number of rotatable bonds is 6. The van der Waals surface area contributed by atoms with E-state index in [2.05, 4.69) is 21.1 Å². The topological polar surface area (TPSA) is 96.3 Å². The number of nitrogens with zero attached hydrogens (tertiary/aromatic N) is 1. The van der Waals surface area contributed by atoms with E-state index in [9.17, 15) is 9.59 Å². The van der Waals surface area contributed by atoms with E-state index in [-0.39, 0.29) is 18.0 Å². The van der Waals surface area contributed by atoms with Gasteiger partial charge in [0.2, 0.25) is 0 Å². The summed E-state index contributed by atoms with van der Waals surface area (Å²) >= 11 is 0. The summed E-state index contributed by atoms with van der Waals surface area (Å²) in [5, 5.41) is 12.2. The van der Waals surface area contributed by atoms with Gasteiger partial charge in [-0.15, -0.1) is 0 Å². The molecule has 0 unspecified atom stereocenters. The zero-order valence-corrected chi connectivity index (χ0v) is 15.0. The van der Waals surface area contributed by atoms with E-state index in [1.165, 1.54) is 0 Å². The first-order valence-corrected chi connectivity index (χ1v) is 8.20. The molecule has 25 heavy (non-hydrogen) atoms. The largest absolute Gasteiger partial charge is 0.361 e. The lowest BCUT2D eigenvalue weighted by Gasteiger charge is -2.10. The lowest BCUT2D eigenvalue weighted by atomic mass is 10.1. The molecule has 0 spiro atoms. The number of hydrogen-bond acceptors (Lipinski definition) is 4. The molecule has 0 radical (unpaired) electrons. The maximum Gasteiger partial charge on any atom is 0.315 e. The zero-order valence-electron chi connectivity index (χ0n) is 15.0. The lowest BCUT2D eigenvalue weighted by Crippen LogP contribution is -2.35. The van der Waals surface area contributed by atoms with Crippen molar-refractivity contribution in [2.24, 2.45) is 0 Å². The molecule has 0 bridgehead atoms. The Bertz CT molecular complexity index is 733. The van der Waals surface area contributed by atoms with Gasteiger partial charge in [-0.05, 0) is 45.4 Å². The van der Waals surface area contributed by atoms with Crippen LogP contribution in [0.1, 0.15) is 46.8 Å². The van der Waals surface area contributed by atoms with Crippen LogP contribution in [0.5, 0.6) is 0 Å². The van der Waals surface area contributed by atoms with Crippen molar-refractivity contribution in [2.75, 3.05) is 0 Å². The second-order valence-corrected chi connectivity index (χ2v) is 6.17. The predicted octanol–water partition coefficient (Wildman–Crippen LogP) is 2.43. The Labute approximate surface area is 147 Å². The molecule has 0 saturated heterocycles. The molecule has 0 aliphatic rings. The minimum Gasteiger partial charge on any atom is -0.361 e. The second-order valence-electron chi connectivity index (χ2n) is 6.17. The summed E-state index contributed by atoms with van der Waals surface area (Å²) in [5.41, 5.74) is 3.07. The van der Waals surface area contributed by atoms with Gasteiger partial charge in [0.15, 0.2) is 0 Å². The first-order valence-electron chi connectivity index (χ1n) is 8.20. The molecule has 0 aliphatic heterocycles.